The first-order valence-electron chi connectivity index (χ1n) is 13.1. The van der Waals surface area contributed by atoms with Crippen LogP contribution >= 0.6 is 27.3 Å². The Morgan fingerprint density at radius 3 is 2.42 bits per heavy atom. The number of phenols is 1. The van der Waals surface area contributed by atoms with E-state index < -0.39 is 23.5 Å². The lowest BCUT2D eigenvalue weighted by molar-refractivity contribution is -0.132. The van der Waals surface area contributed by atoms with Crippen LogP contribution in [0.3, 0.4) is 0 Å². The van der Waals surface area contributed by atoms with Gasteiger partial charge in [-0.2, -0.15) is 0 Å². The van der Waals surface area contributed by atoms with E-state index in [1.54, 1.807) is 31.2 Å². The molecule has 1 aliphatic rings. The van der Waals surface area contributed by atoms with Crippen LogP contribution < -0.4 is 14.4 Å². The van der Waals surface area contributed by atoms with E-state index in [1.807, 2.05) is 31.2 Å². The molecule has 220 valence electrons. The van der Waals surface area contributed by atoms with Gasteiger partial charge in [0.25, 0.3) is 5.78 Å². The molecule has 43 heavy (non-hydrogen) atoms. The van der Waals surface area contributed by atoms with Crippen molar-refractivity contribution in [3.63, 3.8) is 0 Å². The second-order valence-electron chi connectivity index (χ2n) is 9.93. The number of aromatic hydroxyl groups is 1. The summed E-state index contributed by atoms with van der Waals surface area (Å²) in [5, 5.41) is 22.1. The van der Waals surface area contributed by atoms with E-state index in [0.29, 0.717) is 28.5 Å². The van der Waals surface area contributed by atoms with Gasteiger partial charge < -0.3 is 19.7 Å². The fraction of sp³-hybridized carbons (Fsp3) is 0.188. The van der Waals surface area contributed by atoms with Crippen LogP contribution in [-0.2, 0) is 16.2 Å². The molecule has 2 N–H and O–H groups in total. The van der Waals surface area contributed by atoms with Crippen molar-refractivity contribution in [1.29, 1.82) is 0 Å². The topological polar surface area (TPSA) is 126 Å². The predicted molar refractivity (Wildman–Crippen MR) is 166 cm³/mol. The van der Waals surface area contributed by atoms with Gasteiger partial charge in [0.2, 0.25) is 0 Å². The van der Waals surface area contributed by atoms with Crippen molar-refractivity contribution in [2.75, 3.05) is 12.0 Å². The molecule has 0 bridgehead atoms. The Morgan fingerprint density at radius 2 is 1.79 bits per heavy atom. The molecule has 1 unspecified atom stereocenters. The van der Waals surface area contributed by atoms with Gasteiger partial charge in [-0.05, 0) is 82.9 Å². The minimum absolute atomic E-state index is 0.0878. The van der Waals surface area contributed by atoms with E-state index in [-0.39, 0.29) is 38.0 Å². The maximum Gasteiger partial charge on any atom is 0.301 e. The summed E-state index contributed by atoms with van der Waals surface area (Å²) >= 11 is 4.28. The number of methoxy groups -OCH3 is 1. The van der Waals surface area contributed by atoms with Crippen molar-refractivity contribution >= 4 is 55.6 Å². The highest BCUT2D eigenvalue weighted by Gasteiger charge is 2.48. The first-order valence-corrected chi connectivity index (χ1v) is 14.8. The molecule has 9 nitrogen and oxygen atoms in total. The lowest BCUT2D eigenvalue weighted by atomic mass is 9.95. The average molecular weight is 664 g/mol. The average Bonchev–Trinajstić information content (AvgIpc) is 3.50. The number of Topliss-reactive ketones (excluding diaryl/α,β-unsaturated/α-hetero) is 2. The molecule has 1 saturated heterocycles. The quantitative estimate of drug-likeness (QED) is 0.0930. The summed E-state index contributed by atoms with van der Waals surface area (Å²) in [4.78, 5) is 45.2. The molecule has 1 aliphatic heterocycles. The molecule has 1 atom stereocenters. The number of aromatic nitrogens is 1. The molecule has 0 saturated carbocycles. The molecule has 4 aromatic rings. The number of hydrogen-bond donors (Lipinski definition) is 2. The van der Waals surface area contributed by atoms with Crippen LogP contribution in [0.1, 0.15) is 50.6 Å². The number of aryl methyl sites for hydroxylation is 2. The Kier molecular flexibility index (Phi) is 8.38. The molecule has 0 spiro atoms. The highest BCUT2D eigenvalue weighted by atomic mass is 79.9. The van der Waals surface area contributed by atoms with E-state index in [9.17, 15) is 24.6 Å². The largest absolute Gasteiger partial charge is 0.507 e. The number of ether oxygens (including phenoxy) is 2. The predicted octanol–water partition coefficient (Wildman–Crippen LogP) is 6.64. The second-order valence-corrected chi connectivity index (χ2v) is 11.8. The number of aliphatic hydroxyl groups is 1. The molecule has 2 heterocycles. The zero-order chi connectivity index (χ0) is 31.0. The zero-order valence-corrected chi connectivity index (χ0v) is 26.1. The van der Waals surface area contributed by atoms with E-state index >= 15 is 0 Å². The number of aliphatic hydroxyl groups excluding tert-OH is 1. The Hall–Kier alpha value is -4.48. The normalized spacial score (nSPS) is 16.0. The van der Waals surface area contributed by atoms with Gasteiger partial charge >= 0.3 is 5.91 Å². The highest BCUT2D eigenvalue weighted by molar-refractivity contribution is 9.10. The standard InChI is InChI=1S/C32H27BrN2O7S/c1-16-7-5-6-8-20(16)15-42-22-11-9-19(10-12-22)27(37)25-26(21-13-23(33)28(38)24(14-21)41-4)35(31(40)29(25)39)32-34-17(2)30(43-32)18(3)36/h5-14,26,37-38H,15H2,1-4H3. The monoisotopic (exact) mass is 662 g/mol. The number of carbonyl (C=O) groups is 3. The number of amides is 1. The fourth-order valence-corrected chi connectivity index (χ4v) is 6.31. The minimum atomic E-state index is -1.15. The lowest BCUT2D eigenvalue weighted by Crippen LogP contribution is -2.29. The van der Waals surface area contributed by atoms with Gasteiger partial charge in [-0.3, -0.25) is 19.3 Å². The number of carbonyl (C=O) groups excluding carboxylic acids is 3. The third-order valence-electron chi connectivity index (χ3n) is 7.13. The summed E-state index contributed by atoms with van der Waals surface area (Å²) in [6, 6.07) is 16.3. The van der Waals surface area contributed by atoms with Crippen molar-refractivity contribution in [2.24, 2.45) is 0 Å². The first-order chi connectivity index (χ1) is 20.5. The van der Waals surface area contributed by atoms with E-state index in [1.165, 1.54) is 26.2 Å². The summed E-state index contributed by atoms with van der Waals surface area (Å²) in [6.07, 6.45) is 0. The number of hydrogen-bond acceptors (Lipinski definition) is 9. The number of halogens is 1. The number of rotatable bonds is 8. The number of nitrogens with zero attached hydrogens (tertiary/aromatic N) is 2. The van der Waals surface area contributed by atoms with Gasteiger partial charge in [-0.25, -0.2) is 4.98 Å². The third-order valence-corrected chi connectivity index (χ3v) is 8.99. The molecule has 1 amide bonds. The van der Waals surface area contributed by atoms with Crippen molar-refractivity contribution in [2.45, 2.75) is 33.4 Å². The number of anilines is 1. The Labute approximate surface area is 260 Å². The fourth-order valence-electron chi connectivity index (χ4n) is 4.86. The van der Waals surface area contributed by atoms with Crippen LogP contribution in [0.5, 0.6) is 17.2 Å². The second kappa shape index (κ2) is 12.0. The SMILES string of the molecule is COc1cc(C2C(=C(O)c3ccc(OCc4ccccc4C)cc3)C(=O)C(=O)N2c2nc(C)c(C(C)=O)s2)cc(Br)c1O. The van der Waals surface area contributed by atoms with Crippen LogP contribution in [-0.4, -0.2) is 39.8 Å². The maximum absolute atomic E-state index is 13.6. The summed E-state index contributed by atoms with van der Waals surface area (Å²) in [7, 11) is 1.37. The van der Waals surface area contributed by atoms with Crippen LogP contribution in [0.4, 0.5) is 5.13 Å². The van der Waals surface area contributed by atoms with Crippen LogP contribution in [0.15, 0.2) is 70.7 Å². The van der Waals surface area contributed by atoms with E-state index in [2.05, 4.69) is 20.9 Å². The number of benzene rings is 3. The molecule has 0 radical (unpaired) electrons. The summed E-state index contributed by atoms with van der Waals surface area (Å²) in [5.74, 6) is -2.01. The molecule has 1 aromatic heterocycles. The Balaban J connectivity index is 1.59. The Morgan fingerprint density at radius 1 is 1.09 bits per heavy atom. The van der Waals surface area contributed by atoms with Crippen molar-refractivity contribution in [3.05, 3.63) is 104 Å². The summed E-state index contributed by atoms with van der Waals surface area (Å²) < 4.78 is 11.5. The first kappa shape index (κ1) is 30.0. The summed E-state index contributed by atoms with van der Waals surface area (Å²) in [5.41, 5.74) is 3.02. The van der Waals surface area contributed by atoms with Crippen LogP contribution in [0, 0.1) is 13.8 Å². The van der Waals surface area contributed by atoms with Crippen LogP contribution in [0.2, 0.25) is 0 Å². The lowest BCUT2D eigenvalue weighted by Gasteiger charge is -2.24. The molecule has 0 aliphatic carbocycles. The zero-order valence-electron chi connectivity index (χ0n) is 23.7. The molecule has 5 rings (SSSR count). The molecule has 1 fully saturated rings. The summed E-state index contributed by atoms with van der Waals surface area (Å²) in [6.45, 7) is 5.40. The highest BCUT2D eigenvalue weighted by Crippen LogP contribution is 2.47. The molecular weight excluding hydrogens is 636 g/mol. The van der Waals surface area contributed by atoms with E-state index in [4.69, 9.17) is 9.47 Å². The number of ketones is 2. The maximum atomic E-state index is 13.6. The van der Waals surface area contributed by atoms with Crippen LogP contribution in [0.25, 0.3) is 5.76 Å². The van der Waals surface area contributed by atoms with Gasteiger partial charge in [0.15, 0.2) is 22.4 Å². The van der Waals surface area contributed by atoms with Gasteiger partial charge in [0.05, 0.1) is 33.8 Å². The van der Waals surface area contributed by atoms with Crippen molar-refractivity contribution < 1.29 is 34.1 Å². The molecule has 11 heteroatoms. The number of thiazole rings is 1. The van der Waals surface area contributed by atoms with Crippen molar-refractivity contribution in [3.8, 4) is 17.2 Å². The van der Waals surface area contributed by atoms with E-state index in [0.717, 1.165) is 27.4 Å². The van der Waals surface area contributed by atoms with Crippen molar-refractivity contribution in [1.82, 2.24) is 4.98 Å². The van der Waals surface area contributed by atoms with Gasteiger partial charge in [-0.1, -0.05) is 35.6 Å². The van der Waals surface area contributed by atoms with Gasteiger partial charge in [0.1, 0.15) is 18.1 Å². The molecule has 3 aromatic carbocycles. The smallest absolute Gasteiger partial charge is 0.301 e. The third kappa shape index (κ3) is 5.65. The minimum Gasteiger partial charge on any atom is -0.507 e. The van der Waals surface area contributed by atoms with Gasteiger partial charge in [0, 0.05) is 12.5 Å². The van der Waals surface area contributed by atoms with Gasteiger partial charge in [-0.15, -0.1) is 0 Å². The number of phenolic OH excluding ortho intramolecular Hbond substituents is 1. The molecular formula is C32H27BrN2O7S. The Bertz CT molecular complexity index is 1800.